The highest BCUT2D eigenvalue weighted by Crippen LogP contribution is 2.58. The van der Waals surface area contributed by atoms with Crippen LogP contribution in [0.3, 0.4) is 0 Å². The highest BCUT2D eigenvalue weighted by atomic mass is 16.5. The topological polar surface area (TPSA) is 139 Å². The fourth-order valence-electron chi connectivity index (χ4n) is 12.7. The smallest absolute Gasteiger partial charge is 0.336 e. The van der Waals surface area contributed by atoms with Crippen LogP contribution in [0.2, 0.25) is 0 Å². The van der Waals surface area contributed by atoms with E-state index in [9.17, 15) is 24.6 Å². The van der Waals surface area contributed by atoms with Crippen LogP contribution in [-0.4, -0.2) is 66.4 Å². The molecule has 0 unspecified atom stereocenters. The zero-order valence-electron chi connectivity index (χ0n) is 41.7. The van der Waals surface area contributed by atoms with Gasteiger partial charge in [0.2, 0.25) is 0 Å². The van der Waals surface area contributed by atoms with E-state index in [4.69, 9.17) is 13.9 Å². The number of hydrogen-bond donors (Lipinski definition) is 3. The van der Waals surface area contributed by atoms with Crippen LogP contribution >= 0.6 is 0 Å². The molecule has 4 bridgehead atoms. The van der Waals surface area contributed by atoms with Gasteiger partial charge >= 0.3 is 5.97 Å². The molecule has 10 heteroatoms. The first-order chi connectivity index (χ1) is 35.2. The van der Waals surface area contributed by atoms with E-state index in [0.29, 0.717) is 52.6 Å². The molecule has 4 aromatic rings. The average molecular weight is 971 g/mol. The number of allylic oxidation sites excluding steroid dienone is 1. The van der Waals surface area contributed by atoms with Crippen molar-refractivity contribution in [2.45, 2.75) is 109 Å². The Balaban J connectivity index is 0.698. The second kappa shape index (κ2) is 23.0. The molecule has 2 aliphatic heterocycles. The third-order valence-electron chi connectivity index (χ3n) is 16.0. The lowest BCUT2D eigenvalue weighted by atomic mass is 9.53. The molecular weight excluding hydrogens is 901 g/mol. The number of unbranched alkanes of at least 4 members (excludes halogenated alkanes) is 6. The Morgan fingerprint density at radius 2 is 1.22 bits per heavy atom. The van der Waals surface area contributed by atoms with Crippen molar-refractivity contribution < 1.29 is 33.7 Å². The molecule has 1 amide bonds. The molecule has 3 N–H and O–H groups in total. The van der Waals surface area contributed by atoms with Crippen LogP contribution in [-0.2, 0) is 0 Å². The number of carbonyl (C=O) groups excluding carboxylic acids is 1. The number of phenols is 1. The number of ether oxygens (including phenoxy) is 2. The summed E-state index contributed by atoms with van der Waals surface area (Å²) in [6.07, 6.45) is 20.7. The minimum Gasteiger partial charge on any atom is -0.508 e. The molecule has 5 fully saturated rings. The lowest BCUT2D eigenvalue weighted by Crippen LogP contribution is -2.40. The SMILES string of the molecule is O=C(NCCCCCCOc1ccc(C(=C2C3CC4CC(C3)CC2C4)c2ccc(OCCCCCCN3CCCCCC3)cc2)cc1)c1ccc(-c2c3ccc(=O)cc-3oc3cc(O)ccc23)c(C(=O)O)c1. The monoisotopic (exact) mass is 971 g/mol. The van der Waals surface area contributed by atoms with Crippen molar-refractivity contribution in [2.75, 3.05) is 39.4 Å². The number of nitrogens with zero attached hydrogens (tertiary/aromatic N) is 1. The molecule has 5 aliphatic carbocycles. The summed E-state index contributed by atoms with van der Waals surface area (Å²) >= 11 is 0. The highest BCUT2D eigenvalue weighted by molar-refractivity contribution is 6.09. The van der Waals surface area contributed by atoms with E-state index in [1.54, 1.807) is 29.8 Å². The van der Waals surface area contributed by atoms with Gasteiger partial charge in [-0.3, -0.25) is 9.59 Å². The van der Waals surface area contributed by atoms with Crippen molar-refractivity contribution in [1.29, 1.82) is 0 Å². The number of aromatic hydroxyl groups is 1. The van der Waals surface area contributed by atoms with Crippen molar-refractivity contribution in [3.05, 3.63) is 141 Å². The van der Waals surface area contributed by atoms with Crippen molar-refractivity contribution in [3.63, 3.8) is 0 Å². The Kier molecular flexibility index (Phi) is 15.7. The van der Waals surface area contributed by atoms with Gasteiger partial charge in [0.25, 0.3) is 5.91 Å². The second-order valence-corrected chi connectivity index (χ2v) is 21.1. The molecule has 376 valence electrons. The maximum atomic E-state index is 13.3. The fraction of sp³-hybridized carbons (Fsp3) is 0.435. The minimum atomic E-state index is -1.20. The summed E-state index contributed by atoms with van der Waals surface area (Å²) in [4.78, 5) is 40.8. The van der Waals surface area contributed by atoms with Crippen LogP contribution in [0.4, 0.5) is 0 Å². The van der Waals surface area contributed by atoms with Crippen molar-refractivity contribution >= 4 is 28.4 Å². The van der Waals surface area contributed by atoms with Crippen molar-refractivity contribution in [3.8, 4) is 39.7 Å². The number of nitrogens with one attached hydrogen (secondary N) is 1. The number of carboxylic acids is 1. The summed E-state index contributed by atoms with van der Waals surface area (Å²) in [5.74, 6) is 3.67. The van der Waals surface area contributed by atoms with Crippen LogP contribution in [0.25, 0.3) is 39.0 Å². The third-order valence-corrected chi connectivity index (χ3v) is 16.0. The Hall–Kier alpha value is -6.39. The number of rotatable bonds is 21. The van der Waals surface area contributed by atoms with Gasteiger partial charge in [-0.1, -0.05) is 74.4 Å². The van der Waals surface area contributed by atoms with Gasteiger partial charge in [-0.05, 0) is 197 Å². The molecule has 0 spiro atoms. The number of hydrogen-bond acceptors (Lipinski definition) is 8. The first-order valence-corrected chi connectivity index (χ1v) is 27.0. The van der Waals surface area contributed by atoms with Crippen LogP contribution in [0.15, 0.2) is 118 Å². The van der Waals surface area contributed by atoms with E-state index in [2.05, 4.69) is 58.7 Å². The van der Waals surface area contributed by atoms with Crippen LogP contribution in [0.1, 0.15) is 141 Å². The molecule has 0 aromatic heterocycles. The number of amides is 1. The number of aromatic carboxylic acids is 1. The zero-order chi connectivity index (χ0) is 49.4. The summed E-state index contributed by atoms with van der Waals surface area (Å²) in [5.41, 5.74) is 7.31. The van der Waals surface area contributed by atoms with E-state index in [1.807, 2.05) is 0 Å². The first kappa shape index (κ1) is 49.2. The molecule has 4 saturated carbocycles. The van der Waals surface area contributed by atoms with Crippen LogP contribution in [0.5, 0.6) is 17.2 Å². The summed E-state index contributed by atoms with van der Waals surface area (Å²) in [5, 5.41) is 24.0. The summed E-state index contributed by atoms with van der Waals surface area (Å²) in [7, 11) is 0. The third kappa shape index (κ3) is 11.6. The van der Waals surface area contributed by atoms with E-state index in [1.165, 1.54) is 144 Å². The highest BCUT2D eigenvalue weighted by Gasteiger charge is 2.46. The van der Waals surface area contributed by atoms with Crippen LogP contribution in [0, 0.1) is 23.7 Å². The molecule has 72 heavy (non-hydrogen) atoms. The Labute approximate surface area is 423 Å². The molecule has 0 atom stereocenters. The molecule has 7 aliphatic rings. The molecule has 10 nitrogen and oxygen atoms in total. The lowest BCUT2D eigenvalue weighted by Gasteiger charge is -2.52. The Morgan fingerprint density at radius 1 is 0.625 bits per heavy atom. The number of carbonyl (C=O) groups is 2. The normalized spacial score (nSPS) is 19.6. The van der Waals surface area contributed by atoms with Gasteiger partial charge in [-0.15, -0.1) is 0 Å². The van der Waals surface area contributed by atoms with Crippen molar-refractivity contribution in [2.24, 2.45) is 23.7 Å². The van der Waals surface area contributed by atoms with Gasteiger partial charge in [0, 0.05) is 40.8 Å². The quantitative estimate of drug-likeness (QED) is 0.0475. The maximum Gasteiger partial charge on any atom is 0.336 e. The van der Waals surface area contributed by atoms with Crippen molar-refractivity contribution in [1.82, 2.24) is 10.2 Å². The summed E-state index contributed by atoms with van der Waals surface area (Å²) < 4.78 is 18.5. The number of carboxylic acid groups (broad SMARTS) is 1. The predicted octanol–water partition coefficient (Wildman–Crippen LogP) is 13.4. The molecule has 2 heterocycles. The van der Waals surface area contributed by atoms with E-state index in [-0.39, 0.29) is 34.0 Å². The molecular formula is C62H70N2O8. The lowest BCUT2D eigenvalue weighted by molar-refractivity contribution is 0.0697. The molecule has 4 aromatic carbocycles. The van der Waals surface area contributed by atoms with E-state index >= 15 is 0 Å². The van der Waals surface area contributed by atoms with E-state index < -0.39 is 5.97 Å². The molecule has 1 saturated heterocycles. The predicted molar refractivity (Wildman–Crippen MR) is 284 cm³/mol. The van der Waals surface area contributed by atoms with Gasteiger partial charge in [0.1, 0.15) is 28.6 Å². The first-order valence-electron chi connectivity index (χ1n) is 27.0. The molecule has 0 radical (unpaired) electrons. The van der Waals surface area contributed by atoms with Gasteiger partial charge in [-0.25, -0.2) is 4.79 Å². The number of fused-ring (bicyclic) bond motifs is 2. The zero-order valence-corrected chi connectivity index (χ0v) is 41.7. The van der Waals surface area contributed by atoms with E-state index in [0.717, 1.165) is 62.0 Å². The largest absolute Gasteiger partial charge is 0.508 e. The van der Waals surface area contributed by atoms with Gasteiger partial charge in [0.15, 0.2) is 5.43 Å². The Bertz CT molecular complexity index is 2860. The minimum absolute atomic E-state index is 0.0307. The van der Waals surface area contributed by atoms with Gasteiger partial charge in [0.05, 0.1) is 18.8 Å². The fourth-order valence-corrected chi connectivity index (χ4v) is 12.7. The standard InChI is InChI=1S/C62H70N2O8/c65-48-18-25-53-56(39-48)72-57-40-49(66)19-26-54(57)60(53)52-24-17-45(38-55(52)62(68)69)61(67)63-27-7-1-5-11-31-70-50-20-13-43(14-21-50)58(59-46-34-41-33-42(36-46)37-47(59)35-41)44-15-22-51(23-16-44)71-32-12-6-4-10-30-64-28-8-2-3-9-29-64/h13-26,38-42,46-47,65H,1-12,27-37H2,(H,63,67)(H,68,69). The second-order valence-electron chi connectivity index (χ2n) is 21.1. The Morgan fingerprint density at radius 3 is 1.86 bits per heavy atom. The molecule has 11 rings (SSSR count). The number of likely N-dealkylation sites (tertiary alicyclic amines) is 1. The summed E-state index contributed by atoms with van der Waals surface area (Å²) in [6, 6.07) is 31.2. The average Bonchev–Trinajstić information content (AvgIpc) is 3.66. The maximum absolute atomic E-state index is 13.3. The number of phenolic OH excluding ortho intramolecular Hbond substituents is 1. The van der Waals surface area contributed by atoms with Gasteiger partial charge < -0.3 is 34.3 Å². The summed E-state index contributed by atoms with van der Waals surface area (Å²) in [6.45, 7) is 5.66. The number of benzene rings is 5. The van der Waals surface area contributed by atoms with Crippen LogP contribution < -0.4 is 20.2 Å². The van der Waals surface area contributed by atoms with Gasteiger partial charge in [-0.2, -0.15) is 0 Å².